The van der Waals surface area contributed by atoms with Gasteiger partial charge in [0, 0.05) is 18.7 Å². The third-order valence-electron chi connectivity index (χ3n) is 6.87. The lowest BCUT2D eigenvalue weighted by atomic mass is 9.96. The summed E-state index contributed by atoms with van der Waals surface area (Å²) < 4.78 is 58.1. The Kier molecular flexibility index (Phi) is 10.2. The topological polar surface area (TPSA) is 146 Å². The van der Waals surface area contributed by atoms with Gasteiger partial charge in [-0.1, -0.05) is 38.1 Å². The maximum absolute atomic E-state index is 13.3. The van der Waals surface area contributed by atoms with E-state index in [1.165, 1.54) is 24.4 Å². The minimum absolute atomic E-state index is 0.0215. The zero-order valence-electron chi connectivity index (χ0n) is 23.7. The van der Waals surface area contributed by atoms with Crippen LogP contribution in [0, 0.1) is 11.8 Å². The van der Waals surface area contributed by atoms with Crippen molar-refractivity contribution in [1.29, 1.82) is 0 Å². The standard InChI is InChI=1S/C30H30F3N3O8/c1-17(2)25(38)34-23-11-13-36(29(41)35-23)26-24(44-28(40)19-9-6-10-20(15-19)30(31,32)33)21(22(43-26)12-14-37)16-42-27(39)18-7-4-3-5-8-18/h3-11,13,15,17,21-22,24,26,37H,12,14,16H2,1-2H3,(H,34,35,38,41)/t21-,22-,24-,26-/m1/s1. The summed E-state index contributed by atoms with van der Waals surface area (Å²) in [6, 6.07) is 13.0. The highest BCUT2D eigenvalue weighted by Gasteiger charge is 2.49. The van der Waals surface area contributed by atoms with Gasteiger partial charge < -0.3 is 24.6 Å². The van der Waals surface area contributed by atoms with Crippen LogP contribution < -0.4 is 11.0 Å². The predicted molar refractivity (Wildman–Crippen MR) is 148 cm³/mol. The number of aliphatic hydroxyl groups excluding tert-OH is 1. The molecule has 1 fully saturated rings. The molecule has 2 N–H and O–H groups in total. The molecule has 44 heavy (non-hydrogen) atoms. The second-order valence-electron chi connectivity index (χ2n) is 10.3. The van der Waals surface area contributed by atoms with Crippen molar-refractivity contribution < 1.29 is 46.9 Å². The number of benzene rings is 2. The monoisotopic (exact) mass is 617 g/mol. The van der Waals surface area contributed by atoms with E-state index in [0.717, 1.165) is 22.8 Å². The number of aromatic nitrogens is 2. The van der Waals surface area contributed by atoms with Crippen LogP contribution >= 0.6 is 0 Å². The molecule has 11 nitrogen and oxygen atoms in total. The molecule has 1 aromatic heterocycles. The molecule has 3 aromatic rings. The van der Waals surface area contributed by atoms with Crippen molar-refractivity contribution in [3.05, 3.63) is 94.0 Å². The van der Waals surface area contributed by atoms with Gasteiger partial charge in [0.2, 0.25) is 5.91 Å². The van der Waals surface area contributed by atoms with Gasteiger partial charge in [-0.3, -0.25) is 9.36 Å². The largest absolute Gasteiger partial charge is 0.462 e. The molecule has 234 valence electrons. The number of aliphatic hydroxyl groups is 1. The molecule has 0 bridgehead atoms. The van der Waals surface area contributed by atoms with Gasteiger partial charge in [-0.25, -0.2) is 14.4 Å². The number of esters is 2. The second-order valence-corrected chi connectivity index (χ2v) is 10.3. The van der Waals surface area contributed by atoms with Gasteiger partial charge in [-0.05, 0) is 42.8 Å². The van der Waals surface area contributed by atoms with Gasteiger partial charge >= 0.3 is 23.8 Å². The summed E-state index contributed by atoms with van der Waals surface area (Å²) in [7, 11) is 0. The first-order chi connectivity index (χ1) is 20.9. The van der Waals surface area contributed by atoms with Crippen LogP contribution in [0.15, 0.2) is 71.7 Å². The quantitative estimate of drug-likeness (QED) is 0.324. The maximum Gasteiger partial charge on any atom is 0.416 e. The van der Waals surface area contributed by atoms with Crippen molar-refractivity contribution in [1.82, 2.24) is 9.55 Å². The van der Waals surface area contributed by atoms with E-state index in [4.69, 9.17) is 14.2 Å². The highest BCUT2D eigenvalue weighted by atomic mass is 19.4. The Morgan fingerprint density at radius 3 is 2.39 bits per heavy atom. The highest BCUT2D eigenvalue weighted by Crippen LogP contribution is 2.38. The number of nitrogens with one attached hydrogen (secondary N) is 1. The number of hydrogen-bond acceptors (Lipinski definition) is 9. The van der Waals surface area contributed by atoms with Crippen LogP contribution in [-0.4, -0.2) is 57.9 Å². The average molecular weight is 618 g/mol. The maximum atomic E-state index is 13.3. The number of carbonyl (C=O) groups excluding carboxylic acids is 3. The number of carbonyl (C=O) groups is 3. The first-order valence-corrected chi connectivity index (χ1v) is 13.7. The molecule has 0 spiro atoms. The molecule has 1 amide bonds. The van der Waals surface area contributed by atoms with E-state index < -0.39 is 65.2 Å². The zero-order chi connectivity index (χ0) is 32.0. The third-order valence-corrected chi connectivity index (χ3v) is 6.87. The van der Waals surface area contributed by atoms with E-state index in [2.05, 4.69) is 10.3 Å². The Morgan fingerprint density at radius 1 is 1.05 bits per heavy atom. The lowest BCUT2D eigenvalue weighted by Crippen LogP contribution is -2.38. The van der Waals surface area contributed by atoms with Crippen LogP contribution in [0.5, 0.6) is 0 Å². The van der Waals surface area contributed by atoms with Gasteiger partial charge in [-0.2, -0.15) is 18.2 Å². The van der Waals surface area contributed by atoms with Crippen LogP contribution in [0.1, 0.15) is 52.8 Å². The third kappa shape index (κ3) is 7.68. The SMILES string of the molecule is CC(C)C(=O)Nc1ccn([C@@H]2O[C@H](CCO)[C@@H](COC(=O)c3ccccc3)[C@H]2OC(=O)c2cccc(C(F)(F)F)c2)c(=O)n1. The van der Waals surface area contributed by atoms with Crippen LogP contribution in [0.4, 0.5) is 19.0 Å². The van der Waals surface area contributed by atoms with Crippen molar-refractivity contribution in [2.75, 3.05) is 18.5 Å². The number of halogens is 3. The molecular weight excluding hydrogens is 587 g/mol. The van der Waals surface area contributed by atoms with Gasteiger partial charge in [-0.15, -0.1) is 0 Å². The van der Waals surface area contributed by atoms with Crippen LogP contribution in [0.2, 0.25) is 0 Å². The molecule has 1 aliphatic rings. The molecule has 0 saturated carbocycles. The molecule has 4 atom stereocenters. The Labute approximate surface area is 249 Å². The van der Waals surface area contributed by atoms with E-state index in [0.29, 0.717) is 6.07 Å². The second kappa shape index (κ2) is 13.8. The summed E-state index contributed by atoms with van der Waals surface area (Å²) in [6.45, 7) is 2.53. The van der Waals surface area contributed by atoms with Crippen molar-refractivity contribution in [3.63, 3.8) is 0 Å². The summed E-state index contributed by atoms with van der Waals surface area (Å²) >= 11 is 0. The fourth-order valence-electron chi connectivity index (χ4n) is 4.55. The van der Waals surface area contributed by atoms with Crippen molar-refractivity contribution in [2.45, 2.75) is 44.9 Å². The van der Waals surface area contributed by atoms with E-state index in [1.807, 2.05) is 0 Å². The average Bonchev–Trinajstić information content (AvgIpc) is 3.32. The molecule has 14 heteroatoms. The Balaban J connectivity index is 1.68. The van der Waals surface area contributed by atoms with E-state index >= 15 is 0 Å². The van der Waals surface area contributed by atoms with Gasteiger partial charge in [0.15, 0.2) is 12.3 Å². The molecule has 4 rings (SSSR count). The molecule has 0 radical (unpaired) electrons. The summed E-state index contributed by atoms with van der Waals surface area (Å²) in [6.07, 6.45) is -7.17. The summed E-state index contributed by atoms with van der Waals surface area (Å²) in [5.74, 6) is -3.63. The fraction of sp³-hybridized carbons (Fsp3) is 0.367. The normalized spacial score (nSPS) is 19.9. The molecule has 1 saturated heterocycles. The Morgan fingerprint density at radius 2 is 1.75 bits per heavy atom. The number of rotatable bonds is 10. The van der Waals surface area contributed by atoms with Crippen molar-refractivity contribution in [2.24, 2.45) is 11.8 Å². The smallest absolute Gasteiger partial charge is 0.416 e. The minimum Gasteiger partial charge on any atom is -0.462 e. The van der Waals surface area contributed by atoms with Crippen LogP contribution in [0.25, 0.3) is 0 Å². The van der Waals surface area contributed by atoms with Gasteiger partial charge in [0.05, 0.1) is 28.7 Å². The zero-order valence-corrected chi connectivity index (χ0v) is 23.7. The number of hydrogen-bond donors (Lipinski definition) is 2. The summed E-state index contributed by atoms with van der Waals surface area (Å²) in [5.41, 5.74) is -2.15. The molecule has 0 unspecified atom stereocenters. The molecule has 0 aliphatic carbocycles. The molecular formula is C30H30F3N3O8. The van der Waals surface area contributed by atoms with E-state index in [9.17, 15) is 37.5 Å². The molecule has 2 heterocycles. The van der Waals surface area contributed by atoms with Gasteiger partial charge in [0.1, 0.15) is 12.4 Å². The van der Waals surface area contributed by atoms with E-state index in [-0.39, 0.29) is 36.9 Å². The number of anilines is 1. The van der Waals surface area contributed by atoms with E-state index in [1.54, 1.807) is 32.0 Å². The minimum atomic E-state index is -4.72. The first kappa shape index (κ1) is 32.4. The Hall–Kier alpha value is -4.56. The summed E-state index contributed by atoms with van der Waals surface area (Å²) in [4.78, 5) is 54.9. The Bertz CT molecular complexity index is 1540. The van der Waals surface area contributed by atoms with Gasteiger partial charge in [0.25, 0.3) is 0 Å². The van der Waals surface area contributed by atoms with Crippen LogP contribution in [-0.2, 0) is 25.2 Å². The van der Waals surface area contributed by atoms with Crippen molar-refractivity contribution in [3.8, 4) is 0 Å². The molecule has 2 aromatic carbocycles. The lowest BCUT2D eigenvalue weighted by Gasteiger charge is -2.25. The van der Waals surface area contributed by atoms with Crippen molar-refractivity contribution >= 4 is 23.7 Å². The predicted octanol–water partition coefficient (Wildman–Crippen LogP) is 3.84. The highest BCUT2D eigenvalue weighted by molar-refractivity contribution is 5.91. The molecule has 1 aliphatic heterocycles. The number of ether oxygens (including phenoxy) is 3. The first-order valence-electron chi connectivity index (χ1n) is 13.7. The number of nitrogens with zero attached hydrogens (tertiary/aromatic N) is 2. The fourth-order valence-corrected chi connectivity index (χ4v) is 4.55. The van der Waals surface area contributed by atoms with Crippen LogP contribution in [0.3, 0.4) is 0 Å². The lowest BCUT2D eigenvalue weighted by molar-refractivity contribution is -0.137. The summed E-state index contributed by atoms with van der Waals surface area (Å²) in [5, 5.41) is 12.2. The number of alkyl halides is 3. The number of amides is 1.